The van der Waals surface area contributed by atoms with Crippen LogP contribution in [0.1, 0.15) is 27.3 Å². The minimum Gasteiger partial charge on any atom is -0.478 e. The van der Waals surface area contributed by atoms with E-state index in [2.05, 4.69) is 15.1 Å². The quantitative estimate of drug-likeness (QED) is 0.435. The summed E-state index contributed by atoms with van der Waals surface area (Å²) in [5.41, 5.74) is 7.47. The lowest BCUT2D eigenvalue weighted by Gasteiger charge is -2.09. The van der Waals surface area contributed by atoms with E-state index in [1.54, 1.807) is 12.3 Å². The minimum atomic E-state index is -1.08. The van der Waals surface area contributed by atoms with Gasteiger partial charge in [-0.2, -0.15) is 5.10 Å². The molecule has 1 heterocycles. The maximum Gasteiger partial charge on any atom is 0.337 e. The Morgan fingerprint density at radius 3 is 2.48 bits per heavy atom. The number of carboxylic acid groups (broad SMARTS) is 1. The fourth-order valence-electron chi connectivity index (χ4n) is 2.84. The van der Waals surface area contributed by atoms with Crippen molar-refractivity contribution in [1.82, 2.24) is 4.57 Å². The van der Waals surface area contributed by atoms with E-state index in [9.17, 15) is 4.79 Å². The van der Waals surface area contributed by atoms with Crippen molar-refractivity contribution in [3.05, 3.63) is 81.1 Å². The largest absolute Gasteiger partial charge is 0.478 e. The molecule has 0 fully saturated rings. The van der Waals surface area contributed by atoms with Crippen LogP contribution in [0.5, 0.6) is 0 Å². The molecule has 0 saturated carbocycles. The molecular formula is C20H17Cl2N3O2. The molecule has 0 radical (unpaired) electrons. The van der Waals surface area contributed by atoms with Gasteiger partial charge in [0.2, 0.25) is 0 Å². The third kappa shape index (κ3) is 4.15. The van der Waals surface area contributed by atoms with Crippen LogP contribution in [0.2, 0.25) is 10.0 Å². The zero-order chi connectivity index (χ0) is 19.6. The monoisotopic (exact) mass is 401 g/mol. The van der Waals surface area contributed by atoms with E-state index in [0.717, 1.165) is 22.6 Å². The zero-order valence-electron chi connectivity index (χ0n) is 14.7. The van der Waals surface area contributed by atoms with Crippen molar-refractivity contribution in [2.45, 2.75) is 13.8 Å². The Kier molecular flexibility index (Phi) is 5.54. The smallest absolute Gasteiger partial charge is 0.337 e. The van der Waals surface area contributed by atoms with Crippen molar-refractivity contribution in [3.63, 3.8) is 0 Å². The number of hydrogen-bond donors (Lipinski definition) is 2. The SMILES string of the molecule is Cc1cc(/C=N/Nc2ccc(Cl)c(C(=O)O)c2)c(C)n1-c1ccc(Cl)cc1. The van der Waals surface area contributed by atoms with E-state index in [0.29, 0.717) is 10.7 Å². The standard InChI is InChI=1S/C20H17Cl2N3O2/c1-12-9-14(13(2)25(12)17-6-3-15(21)4-7-17)11-23-24-16-5-8-19(22)18(10-16)20(26)27/h3-11,24H,1-2H3,(H,26,27)/b23-11+. The average Bonchev–Trinajstić information content (AvgIpc) is 2.91. The van der Waals surface area contributed by atoms with Crippen molar-refractivity contribution in [1.29, 1.82) is 0 Å². The molecule has 0 aliphatic rings. The Balaban J connectivity index is 1.82. The Morgan fingerprint density at radius 2 is 1.81 bits per heavy atom. The van der Waals surface area contributed by atoms with Crippen molar-refractivity contribution < 1.29 is 9.90 Å². The van der Waals surface area contributed by atoms with Crippen molar-refractivity contribution in [2.75, 3.05) is 5.43 Å². The summed E-state index contributed by atoms with van der Waals surface area (Å²) in [6.45, 7) is 4.03. The topological polar surface area (TPSA) is 66.6 Å². The first-order chi connectivity index (χ1) is 12.9. The number of halogens is 2. The van der Waals surface area contributed by atoms with Crippen LogP contribution in [0.3, 0.4) is 0 Å². The summed E-state index contributed by atoms with van der Waals surface area (Å²) in [4.78, 5) is 11.1. The number of carboxylic acids is 1. The lowest BCUT2D eigenvalue weighted by Crippen LogP contribution is -2.00. The number of nitrogens with zero attached hydrogens (tertiary/aromatic N) is 2. The molecule has 2 aromatic carbocycles. The van der Waals surface area contributed by atoms with Crippen LogP contribution in [0.25, 0.3) is 5.69 Å². The number of carbonyl (C=O) groups is 1. The highest BCUT2D eigenvalue weighted by atomic mass is 35.5. The van der Waals surface area contributed by atoms with Crippen LogP contribution in [0.4, 0.5) is 5.69 Å². The molecule has 1 aromatic heterocycles. The lowest BCUT2D eigenvalue weighted by atomic mass is 10.2. The van der Waals surface area contributed by atoms with Crippen molar-refractivity contribution in [3.8, 4) is 5.69 Å². The molecule has 0 saturated heterocycles. The Labute approximate surface area is 166 Å². The van der Waals surface area contributed by atoms with Gasteiger partial charge in [-0.3, -0.25) is 5.43 Å². The van der Waals surface area contributed by atoms with Crippen LogP contribution in [0, 0.1) is 13.8 Å². The van der Waals surface area contributed by atoms with Crippen LogP contribution in [0.15, 0.2) is 53.6 Å². The summed E-state index contributed by atoms with van der Waals surface area (Å²) in [6, 6.07) is 14.3. The van der Waals surface area contributed by atoms with E-state index in [1.165, 1.54) is 12.1 Å². The highest BCUT2D eigenvalue weighted by molar-refractivity contribution is 6.33. The highest BCUT2D eigenvalue weighted by Gasteiger charge is 2.10. The van der Waals surface area contributed by atoms with E-state index in [4.69, 9.17) is 28.3 Å². The van der Waals surface area contributed by atoms with Gasteiger partial charge in [-0.15, -0.1) is 0 Å². The van der Waals surface area contributed by atoms with Gasteiger partial charge in [-0.25, -0.2) is 4.79 Å². The predicted molar refractivity (Wildman–Crippen MR) is 110 cm³/mol. The van der Waals surface area contributed by atoms with Gasteiger partial charge in [0, 0.05) is 27.7 Å². The van der Waals surface area contributed by atoms with E-state index in [1.807, 2.05) is 44.2 Å². The van der Waals surface area contributed by atoms with E-state index in [-0.39, 0.29) is 10.6 Å². The third-order valence-electron chi connectivity index (χ3n) is 4.15. The Bertz CT molecular complexity index is 1020. The van der Waals surface area contributed by atoms with E-state index >= 15 is 0 Å². The van der Waals surface area contributed by atoms with Crippen LogP contribution < -0.4 is 5.43 Å². The van der Waals surface area contributed by atoms with Crippen molar-refractivity contribution >= 4 is 41.1 Å². The molecule has 0 aliphatic heterocycles. The number of aryl methyl sites for hydroxylation is 1. The molecule has 2 N–H and O–H groups in total. The second kappa shape index (κ2) is 7.86. The molecule has 0 spiro atoms. The summed E-state index contributed by atoms with van der Waals surface area (Å²) in [6.07, 6.45) is 1.70. The number of nitrogens with one attached hydrogen (secondary N) is 1. The Morgan fingerprint density at radius 1 is 1.11 bits per heavy atom. The number of hydrazone groups is 1. The van der Waals surface area contributed by atoms with Gasteiger partial charge >= 0.3 is 5.97 Å². The molecule has 0 atom stereocenters. The summed E-state index contributed by atoms with van der Waals surface area (Å²) in [7, 11) is 0. The van der Waals surface area contributed by atoms with Crippen molar-refractivity contribution in [2.24, 2.45) is 5.10 Å². The molecule has 3 rings (SSSR count). The van der Waals surface area contributed by atoms with Gasteiger partial charge in [0.25, 0.3) is 0 Å². The lowest BCUT2D eigenvalue weighted by molar-refractivity contribution is 0.0697. The molecule has 138 valence electrons. The molecule has 0 unspecified atom stereocenters. The second-order valence-electron chi connectivity index (χ2n) is 6.01. The summed E-state index contributed by atoms with van der Waals surface area (Å²) in [5, 5.41) is 14.2. The average molecular weight is 402 g/mol. The number of benzene rings is 2. The maximum absolute atomic E-state index is 11.1. The molecule has 3 aromatic rings. The molecule has 0 aliphatic carbocycles. The van der Waals surface area contributed by atoms with Gasteiger partial charge in [-0.05, 0) is 62.4 Å². The summed E-state index contributed by atoms with van der Waals surface area (Å²) < 4.78 is 2.11. The van der Waals surface area contributed by atoms with Crippen LogP contribution in [-0.2, 0) is 0 Å². The fraction of sp³-hybridized carbons (Fsp3) is 0.100. The molecule has 7 heteroatoms. The van der Waals surface area contributed by atoms with Crippen LogP contribution in [-0.4, -0.2) is 21.9 Å². The number of rotatable bonds is 5. The first kappa shape index (κ1) is 19.0. The molecule has 27 heavy (non-hydrogen) atoms. The number of aromatic carboxylic acids is 1. The van der Waals surface area contributed by atoms with Crippen LogP contribution >= 0.6 is 23.2 Å². The van der Waals surface area contributed by atoms with Gasteiger partial charge in [0.05, 0.1) is 22.5 Å². The summed E-state index contributed by atoms with van der Waals surface area (Å²) >= 11 is 11.8. The van der Waals surface area contributed by atoms with Gasteiger partial charge in [0.15, 0.2) is 0 Å². The first-order valence-corrected chi connectivity index (χ1v) is 8.89. The fourth-order valence-corrected chi connectivity index (χ4v) is 3.17. The predicted octanol–water partition coefficient (Wildman–Crippen LogP) is 5.55. The number of aromatic nitrogens is 1. The maximum atomic E-state index is 11.1. The minimum absolute atomic E-state index is 0.0257. The van der Waals surface area contributed by atoms with Gasteiger partial charge < -0.3 is 9.67 Å². The molecule has 5 nitrogen and oxygen atoms in total. The van der Waals surface area contributed by atoms with Gasteiger partial charge in [0.1, 0.15) is 0 Å². The molecular weight excluding hydrogens is 385 g/mol. The first-order valence-electron chi connectivity index (χ1n) is 8.13. The Hall–Kier alpha value is -2.76. The number of anilines is 1. The molecule has 0 amide bonds. The molecule has 0 bridgehead atoms. The van der Waals surface area contributed by atoms with Gasteiger partial charge in [-0.1, -0.05) is 23.2 Å². The van der Waals surface area contributed by atoms with E-state index < -0.39 is 5.97 Å². The second-order valence-corrected chi connectivity index (χ2v) is 6.85. The summed E-state index contributed by atoms with van der Waals surface area (Å²) in [5.74, 6) is -1.08. The number of hydrogen-bond acceptors (Lipinski definition) is 3. The third-order valence-corrected chi connectivity index (χ3v) is 4.73. The highest BCUT2D eigenvalue weighted by Crippen LogP contribution is 2.22. The zero-order valence-corrected chi connectivity index (χ0v) is 16.2. The normalized spacial score (nSPS) is 11.1.